The summed E-state index contributed by atoms with van der Waals surface area (Å²) in [4.78, 5) is 11.8. The molecule has 206 valence electrons. The van der Waals surface area contributed by atoms with E-state index >= 15 is 0 Å². The number of carboxylic acid groups (broad SMARTS) is 1. The standard InChI is InChI=1S/C30H32Cl2N2O5/c1-33-22-10-5-9-20(26(22)31)17-7-4-8-19-18(17)11-12-23(19)39-25-15-24(37-2)21(28(38-3)27(25)32)16-34-30(29(35)36)13-6-14-30/h4-5,7-10,15,23,33-34H,6,11-14,16H2,1-3H3,(H,35,36). The fourth-order valence-electron chi connectivity index (χ4n) is 5.61. The average Bonchev–Trinajstić information content (AvgIpc) is 3.32. The van der Waals surface area contributed by atoms with Crippen LogP contribution in [0.5, 0.6) is 17.2 Å². The second kappa shape index (κ2) is 11.2. The van der Waals surface area contributed by atoms with Gasteiger partial charge < -0.3 is 24.6 Å². The molecule has 3 N–H and O–H groups in total. The maximum absolute atomic E-state index is 11.8. The minimum atomic E-state index is -0.932. The first-order valence-corrected chi connectivity index (χ1v) is 13.8. The van der Waals surface area contributed by atoms with Gasteiger partial charge in [-0.15, -0.1) is 0 Å². The molecule has 0 saturated heterocycles. The molecule has 3 aromatic rings. The summed E-state index contributed by atoms with van der Waals surface area (Å²) in [7, 11) is 4.95. The van der Waals surface area contributed by atoms with Gasteiger partial charge in [-0.3, -0.25) is 10.1 Å². The van der Waals surface area contributed by atoms with Gasteiger partial charge in [0, 0.05) is 25.2 Å². The third-order valence-electron chi connectivity index (χ3n) is 7.94. The van der Waals surface area contributed by atoms with Crippen molar-refractivity contribution in [3.63, 3.8) is 0 Å². The van der Waals surface area contributed by atoms with E-state index in [0.29, 0.717) is 45.7 Å². The van der Waals surface area contributed by atoms with E-state index < -0.39 is 11.5 Å². The summed E-state index contributed by atoms with van der Waals surface area (Å²) in [5.74, 6) is 0.516. The minimum absolute atomic E-state index is 0.215. The molecule has 39 heavy (non-hydrogen) atoms. The van der Waals surface area contributed by atoms with Crippen molar-refractivity contribution in [2.75, 3.05) is 26.6 Å². The van der Waals surface area contributed by atoms with Gasteiger partial charge in [0.25, 0.3) is 0 Å². The molecule has 1 fully saturated rings. The van der Waals surface area contributed by atoms with Gasteiger partial charge in [0.2, 0.25) is 0 Å². The Morgan fingerprint density at radius 2 is 1.79 bits per heavy atom. The van der Waals surface area contributed by atoms with Gasteiger partial charge >= 0.3 is 5.97 Å². The Morgan fingerprint density at radius 3 is 2.44 bits per heavy atom. The van der Waals surface area contributed by atoms with E-state index in [1.807, 2.05) is 31.3 Å². The number of carbonyl (C=O) groups is 1. The summed E-state index contributed by atoms with van der Waals surface area (Å²) in [6, 6.07) is 13.9. The van der Waals surface area contributed by atoms with E-state index in [1.165, 1.54) is 12.7 Å². The Bertz CT molecular complexity index is 1410. The normalized spacial score (nSPS) is 17.2. The maximum Gasteiger partial charge on any atom is 0.323 e. The third kappa shape index (κ3) is 4.88. The Balaban J connectivity index is 1.45. The van der Waals surface area contributed by atoms with Crippen molar-refractivity contribution in [3.8, 4) is 28.4 Å². The zero-order valence-electron chi connectivity index (χ0n) is 22.2. The van der Waals surface area contributed by atoms with E-state index in [-0.39, 0.29) is 12.6 Å². The molecular formula is C30H32Cl2N2O5. The van der Waals surface area contributed by atoms with Crippen LogP contribution in [0.1, 0.15) is 48.5 Å². The SMILES string of the molecule is CNc1cccc(-c2cccc3c2CCC3Oc2cc(OC)c(CNC3(C(=O)O)CCC3)c(OC)c2Cl)c1Cl. The highest BCUT2D eigenvalue weighted by Crippen LogP contribution is 2.48. The first-order chi connectivity index (χ1) is 18.8. The summed E-state index contributed by atoms with van der Waals surface area (Å²) in [6.07, 6.45) is 3.43. The van der Waals surface area contributed by atoms with Crippen LogP contribution in [0.25, 0.3) is 11.1 Å². The van der Waals surface area contributed by atoms with E-state index in [2.05, 4.69) is 22.8 Å². The molecule has 0 bridgehead atoms. The highest BCUT2D eigenvalue weighted by Gasteiger charge is 2.44. The number of ether oxygens (including phenoxy) is 3. The van der Waals surface area contributed by atoms with Gasteiger partial charge in [0.15, 0.2) is 0 Å². The molecule has 0 aliphatic heterocycles. The number of hydrogen-bond donors (Lipinski definition) is 3. The lowest BCUT2D eigenvalue weighted by Gasteiger charge is -2.38. The Hall–Kier alpha value is -3.13. The minimum Gasteiger partial charge on any atom is -0.496 e. The second-order valence-electron chi connectivity index (χ2n) is 9.93. The Labute approximate surface area is 238 Å². The van der Waals surface area contributed by atoms with Gasteiger partial charge in [-0.25, -0.2) is 0 Å². The predicted octanol–water partition coefficient (Wildman–Crippen LogP) is 6.88. The monoisotopic (exact) mass is 570 g/mol. The molecule has 2 aliphatic rings. The van der Waals surface area contributed by atoms with Gasteiger partial charge in [0.1, 0.15) is 33.9 Å². The lowest BCUT2D eigenvalue weighted by atomic mass is 9.76. The topological polar surface area (TPSA) is 89.0 Å². The second-order valence-corrected chi connectivity index (χ2v) is 10.7. The Morgan fingerprint density at radius 1 is 1.05 bits per heavy atom. The van der Waals surface area contributed by atoms with Crippen LogP contribution >= 0.6 is 23.2 Å². The number of fused-ring (bicyclic) bond motifs is 1. The molecule has 3 aromatic carbocycles. The first-order valence-electron chi connectivity index (χ1n) is 13.0. The van der Waals surface area contributed by atoms with Crippen LogP contribution in [0.4, 0.5) is 5.69 Å². The van der Waals surface area contributed by atoms with Gasteiger partial charge in [-0.05, 0) is 54.9 Å². The molecule has 2 aliphatic carbocycles. The van der Waals surface area contributed by atoms with E-state index in [9.17, 15) is 9.90 Å². The van der Waals surface area contributed by atoms with Gasteiger partial charge in [-0.2, -0.15) is 0 Å². The molecular weight excluding hydrogens is 539 g/mol. The van der Waals surface area contributed by atoms with E-state index in [0.717, 1.165) is 41.6 Å². The molecule has 0 spiro atoms. The quantitative estimate of drug-likeness (QED) is 0.244. The van der Waals surface area contributed by atoms with Crippen molar-refractivity contribution in [1.29, 1.82) is 0 Å². The van der Waals surface area contributed by atoms with Gasteiger partial charge in [-0.1, -0.05) is 53.5 Å². The highest BCUT2D eigenvalue weighted by atomic mass is 35.5. The largest absolute Gasteiger partial charge is 0.496 e. The summed E-state index contributed by atoms with van der Waals surface area (Å²) < 4.78 is 17.9. The molecule has 0 radical (unpaired) electrons. The summed E-state index contributed by atoms with van der Waals surface area (Å²) in [5, 5.41) is 17.1. The van der Waals surface area contributed by atoms with Crippen LogP contribution in [0.3, 0.4) is 0 Å². The first kappa shape index (κ1) is 27.4. The van der Waals surface area contributed by atoms with Crippen LogP contribution in [0.2, 0.25) is 10.0 Å². The lowest BCUT2D eigenvalue weighted by Crippen LogP contribution is -2.56. The van der Waals surface area contributed by atoms with Crippen LogP contribution in [0.15, 0.2) is 42.5 Å². The van der Waals surface area contributed by atoms with E-state index in [4.69, 9.17) is 37.4 Å². The zero-order valence-corrected chi connectivity index (χ0v) is 23.7. The maximum atomic E-state index is 11.8. The average molecular weight is 572 g/mol. The van der Waals surface area contributed by atoms with Crippen LogP contribution < -0.4 is 24.8 Å². The van der Waals surface area contributed by atoms with Crippen molar-refractivity contribution in [3.05, 3.63) is 69.2 Å². The summed E-state index contributed by atoms with van der Waals surface area (Å²) >= 11 is 13.5. The van der Waals surface area contributed by atoms with Crippen molar-refractivity contribution in [1.82, 2.24) is 5.32 Å². The number of benzene rings is 3. The zero-order chi connectivity index (χ0) is 27.7. The van der Waals surface area contributed by atoms with Crippen molar-refractivity contribution < 1.29 is 24.1 Å². The van der Waals surface area contributed by atoms with Gasteiger partial charge in [0.05, 0.1) is 30.5 Å². The molecule has 9 heteroatoms. The number of methoxy groups -OCH3 is 2. The van der Waals surface area contributed by atoms with Crippen molar-refractivity contribution in [2.24, 2.45) is 0 Å². The summed E-state index contributed by atoms with van der Waals surface area (Å²) in [6.45, 7) is 0.237. The molecule has 1 unspecified atom stereocenters. The molecule has 0 amide bonds. The number of hydrogen-bond acceptors (Lipinski definition) is 6. The number of halogens is 2. The Kier molecular flexibility index (Phi) is 7.85. The number of nitrogens with one attached hydrogen (secondary N) is 2. The number of anilines is 1. The fourth-order valence-corrected chi connectivity index (χ4v) is 6.22. The summed E-state index contributed by atoms with van der Waals surface area (Å²) in [5.41, 5.74) is 4.96. The molecule has 7 nitrogen and oxygen atoms in total. The molecule has 1 atom stereocenters. The molecule has 0 aromatic heterocycles. The van der Waals surface area contributed by atoms with Crippen molar-refractivity contribution >= 4 is 34.9 Å². The highest BCUT2D eigenvalue weighted by molar-refractivity contribution is 6.36. The molecule has 0 heterocycles. The van der Waals surface area contributed by atoms with Crippen LogP contribution in [0, 0.1) is 0 Å². The predicted molar refractivity (Wildman–Crippen MR) is 154 cm³/mol. The molecule has 5 rings (SSSR count). The smallest absolute Gasteiger partial charge is 0.323 e. The third-order valence-corrected chi connectivity index (χ3v) is 8.70. The van der Waals surface area contributed by atoms with Crippen LogP contribution in [-0.2, 0) is 17.8 Å². The van der Waals surface area contributed by atoms with E-state index in [1.54, 1.807) is 13.2 Å². The number of aliphatic carboxylic acids is 1. The number of carboxylic acids is 1. The van der Waals surface area contributed by atoms with Crippen molar-refractivity contribution in [2.45, 2.75) is 50.3 Å². The number of rotatable bonds is 10. The fraction of sp³-hybridized carbons (Fsp3) is 0.367. The molecule has 1 saturated carbocycles. The van der Waals surface area contributed by atoms with Crippen LogP contribution in [-0.4, -0.2) is 37.9 Å². The lowest BCUT2D eigenvalue weighted by molar-refractivity contribution is -0.148.